The maximum Gasteiger partial charge on any atom is 0.182 e. The highest BCUT2D eigenvalue weighted by Gasteiger charge is 2.24. The number of hydrogen-bond acceptors (Lipinski definition) is 3. The van der Waals surface area contributed by atoms with Crippen LogP contribution in [-0.4, -0.2) is 31.7 Å². The van der Waals surface area contributed by atoms with Gasteiger partial charge in [0.05, 0.1) is 0 Å². The Morgan fingerprint density at radius 1 is 1.08 bits per heavy atom. The summed E-state index contributed by atoms with van der Waals surface area (Å²) in [7, 11) is 3.08. The Morgan fingerprint density at radius 3 is 1.75 bits per heavy atom. The first-order valence-electron chi connectivity index (χ1n) is 4.44. The Labute approximate surface area is 74.7 Å². The molecule has 0 fully saturated rings. The second kappa shape index (κ2) is 6.40. The summed E-state index contributed by atoms with van der Waals surface area (Å²) in [5, 5.41) is 9.72. The minimum atomic E-state index is -0.519. The van der Waals surface area contributed by atoms with E-state index < -0.39 is 12.4 Å². The van der Waals surface area contributed by atoms with E-state index in [1.807, 2.05) is 0 Å². The van der Waals surface area contributed by atoms with Crippen molar-refractivity contribution in [3.8, 4) is 0 Å². The second-order valence-electron chi connectivity index (χ2n) is 2.91. The molecule has 0 saturated carbocycles. The van der Waals surface area contributed by atoms with Gasteiger partial charge in [-0.05, 0) is 5.92 Å². The van der Waals surface area contributed by atoms with E-state index in [9.17, 15) is 5.11 Å². The number of rotatable bonds is 6. The van der Waals surface area contributed by atoms with E-state index in [1.54, 1.807) is 14.2 Å². The van der Waals surface area contributed by atoms with Crippen LogP contribution in [0.4, 0.5) is 0 Å². The topological polar surface area (TPSA) is 38.7 Å². The van der Waals surface area contributed by atoms with Crippen LogP contribution < -0.4 is 0 Å². The van der Waals surface area contributed by atoms with Crippen LogP contribution in [0.3, 0.4) is 0 Å². The lowest BCUT2D eigenvalue weighted by Crippen LogP contribution is -2.35. The fourth-order valence-electron chi connectivity index (χ4n) is 1.37. The van der Waals surface area contributed by atoms with Crippen molar-refractivity contribution in [1.29, 1.82) is 0 Å². The molecule has 12 heavy (non-hydrogen) atoms. The molecule has 0 spiro atoms. The quantitative estimate of drug-likeness (QED) is 0.622. The molecule has 0 aliphatic heterocycles. The summed E-state index contributed by atoms with van der Waals surface area (Å²) in [5.41, 5.74) is 0. The molecular formula is C9H20O3. The zero-order valence-corrected chi connectivity index (χ0v) is 8.41. The van der Waals surface area contributed by atoms with Crippen molar-refractivity contribution in [2.24, 2.45) is 5.92 Å². The van der Waals surface area contributed by atoms with Crippen LogP contribution in [0.2, 0.25) is 0 Å². The molecule has 1 atom stereocenters. The molecule has 3 nitrogen and oxygen atoms in total. The maximum atomic E-state index is 9.72. The molecule has 3 heteroatoms. The van der Waals surface area contributed by atoms with E-state index in [0.717, 1.165) is 12.8 Å². The molecule has 0 aliphatic carbocycles. The van der Waals surface area contributed by atoms with Crippen LogP contribution >= 0.6 is 0 Å². The maximum absolute atomic E-state index is 9.72. The third-order valence-electron chi connectivity index (χ3n) is 2.28. The monoisotopic (exact) mass is 176 g/mol. The molecule has 0 bridgehead atoms. The van der Waals surface area contributed by atoms with Gasteiger partial charge in [0.1, 0.15) is 6.10 Å². The predicted molar refractivity (Wildman–Crippen MR) is 47.9 cm³/mol. The number of hydrogen-bond donors (Lipinski definition) is 1. The molecular weight excluding hydrogens is 156 g/mol. The first-order valence-corrected chi connectivity index (χ1v) is 4.44. The van der Waals surface area contributed by atoms with Crippen molar-refractivity contribution < 1.29 is 14.6 Å². The van der Waals surface area contributed by atoms with Gasteiger partial charge < -0.3 is 14.6 Å². The van der Waals surface area contributed by atoms with Crippen LogP contribution in [0.25, 0.3) is 0 Å². The summed E-state index contributed by atoms with van der Waals surface area (Å²) in [4.78, 5) is 0. The second-order valence-corrected chi connectivity index (χ2v) is 2.91. The van der Waals surface area contributed by atoms with E-state index >= 15 is 0 Å². The van der Waals surface area contributed by atoms with Crippen LogP contribution in [0.1, 0.15) is 26.7 Å². The van der Waals surface area contributed by atoms with Crippen LogP contribution in [0.5, 0.6) is 0 Å². The highest BCUT2D eigenvalue weighted by Crippen LogP contribution is 2.17. The standard InChI is InChI=1S/C9H20O3/c1-5-7(6-2)8(10)9(11-3)12-4/h7-10H,5-6H2,1-4H3. The fourth-order valence-corrected chi connectivity index (χ4v) is 1.37. The lowest BCUT2D eigenvalue weighted by molar-refractivity contribution is -0.179. The highest BCUT2D eigenvalue weighted by atomic mass is 16.7. The molecule has 0 rings (SSSR count). The van der Waals surface area contributed by atoms with Gasteiger partial charge in [0, 0.05) is 14.2 Å². The third kappa shape index (κ3) is 3.09. The summed E-state index contributed by atoms with van der Waals surface area (Å²) in [5.74, 6) is 0.259. The lowest BCUT2D eigenvalue weighted by atomic mass is 9.96. The van der Waals surface area contributed by atoms with Crippen molar-refractivity contribution in [3.63, 3.8) is 0 Å². The van der Waals surface area contributed by atoms with Gasteiger partial charge in [-0.1, -0.05) is 26.7 Å². The van der Waals surface area contributed by atoms with Crippen molar-refractivity contribution in [3.05, 3.63) is 0 Å². The van der Waals surface area contributed by atoms with E-state index in [1.165, 1.54) is 0 Å². The molecule has 1 N–H and O–H groups in total. The number of methoxy groups -OCH3 is 2. The molecule has 0 amide bonds. The van der Waals surface area contributed by atoms with Crippen LogP contribution in [0.15, 0.2) is 0 Å². The summed E-state index contributed by atoms with van der Waals surface area (Å²) in [6, 6.07) is 0. The van der Waals surface area contributed by atoms with E-state index in [4.69, 9.17) is 9.47 Å². The fraction of sp³-hybridized carbons (Fsp3) is 1.00. The first-order chi connectivity index (χ1) is 5.71. The average molecular weight is 176 g/mol. The lowest BCUT2D eigenvalue weighted by Gasteiger charge is -2.26. The first kappa shape index (κ1) is 11.9. The van der Waals surface area contributed by atoms with Gasteiger partial charge in [0.25, 0.3) is 0 Å². The van der Waals surface area contributed by atoms with Gasteiger partial charge in [-0.25, -0.2) is 0 Å². The minimum Gasteiger partial charge on any atom is -0.388 e. The summed E-state index contributed by atoms with van der Waals surface area (Å²) >= 11 is 0. The number of aliphatic hydroxyl groups is 1. The molecule has 0 aliphatic rings. The smallest absolute Gasteiger partial charge is 0.182 e. The predicted octanol–water partition coefficient (Wildman–Crippen LogP) is 1.40. The molecule has 0 aromatic carbocycles. The van der Waals surface area contributed by atoms with Crippen LogP contribution in [0, 0.1) is 5.92 Å². The van der Waals surface area contributed by atoms with Gasteiger partial charge in [-0.3, -0.25) is 0 Å². The molecule has 0 aromatic rings. The zero-order valence-electron chi connectivity index (χ0n) is 8.41. The zero-order chi connectivity index (χ0) is 9.56. The molecule has 0 heterocycles. The third-order valence-corrected chi connectivity index (χ3v) is 2.28. The van der Waals surface area contributed by atoms with Crippen molar-refractivity contribution in [1.82, 2.24) is 0 Å². The average Bonchev–Trinajstić information content (AvgIpc) is 2.09. The molecule has 0 aromatic heterocycles. The molecule has 74 valence electrons. The molecule has 1 unspecified atom stereocenters. The van der Waals surface area contributed by atoms with Gasteiger partial charge in [-0.15, -0.1) is 0 Å². The molecule has 0 saturated heterocycles. The van der Waals surface area contributed by atoms with Crippen LogP contribution in [-0.2, 0) is 9.47 Å². The number of aliphatic hydroxyl groups excluding tert-OH is 1. The van der Waals surface area contributed by atoms with E-state index in [0.29, 0.717) is 0 Å². The summed E-state index contributed by atoms with van der Waals surface area (Å²) < 4.78 is 9.95. The SMILES string of the molecule is CCC(CC)C(O)C(OC)OC. The van der Waals surface area contributed by atoms with Crippen molar-refractivity contribution >= 4 is 0 Å². The summed E-state index contributed by atoms with van der Waals surface area (Å²) in [6.45, 7) is 4.11. The minimum absolute atomic E-state index is 0.259. The van der Waals surface area contributed by atoms with E-state index in [2.05, 4.69) is 13.8 Å². The largest absolute Gasteiger partial charge is 0.388 e. The Bertz CT molecular complexity index is 85.9. The normalized spacial score (nSPS) is 14.2. The van der Waals surface area contributed by atoms with Gasteiger partial charge >= 0.3 is 0 Å². The van der Waals surface area contributed by atoms with Gasteiger partial charge in [0.2, 0.25) is 0 Å². The van der Waals surface area contributed by atoms with E-state index in [-0.39, 0.29) is 5.92 Å². The Balaban J connectivity index is 4.02. The van der Waals surface area contributed by atoms with Gasteiger partial charge in [0.15, 0.2) is 6.29 Å². The summed E-state index contributed by atoms with van der Waals surface area (Å²) in [6.07, 6.45) is 0.881. The van der Waals surface area contributed by atoms with Crippen molar-refractivity contribution in [2.45, 2.75) is 39.1 Å². The Hall–Kier alpha value is -0.120. The molecule has 0 radical (unpaired) electrons. The van der Waals surface area contributed by atoms with Gasteiger partial charge in [-0.2, -0.15) is 0 Å². The Kier molecular flexibility index (Phi) is 6.34. The Morgan fingerprint density at radius 2 is 1.50 bits per heavy atom. The highest BCUT2D eigenvalue weighted by molar-refractivity contribution is 4.69. The number of ether oxygens (including phenoxy) is 2. The van der Waals surface area contributed by atoms with Crippen molar-refractivity contribution in [2.75, 3.05) is 14.2 Å².